The van der Waals surface area contributed by atoms with Crippen LogP contribution < -0.4 is 4.72 Å². The number of halogens is 2. The molecule has 0 aliphatic heterocycles. The van der Waals surface area contributed by atoms with Crippen LogP contribution >= 0.6 is 23.2 Å². The van der Waals surface area contributed by atoms with Crippen molar-refractivity contribution in [2.75, 3.05) is 6.54 Å². The highest BCUT2D eigenvalue weighted by molar-refractivity contribution is 7.89. The molecule has 0 bridgehead atoms. The van der Waals surface area contributed by atoms with Crippen LogP contribution in [-0.4, -0.2) is 20.3 Å². The van der Waals surface area contributed by atoms with Gasteiger partial charge in [0.15, 0.2) is 0 Å². The maximum atomic E-state index is 12.1. The molecule has 1 aliphatic rings. The van der Waals surface area contributed by atoms with Crippen molar-refractivity contribution in [2.45, 2.75) is 29.5 Å². The van der Waals surface area contributed by atoms with Gasteiger partial charge in [0.2, 0.25) is 10.0 Å². The number of rotatable bonds is 4. The van der Waals surface area contributed by atoms with E-state index in [1.165, 1.54) is 6.07 Å². The van der Waals surface area contributed by atoms with Gasteiger partial charge >= 0.3 is 0 Å². The van der Waals surface area contributed by atoms with Crippen LogP contribution in [0.2, 0.25) is 5.02 Å². The quantitative estimate of drug-likeness (QED) is 0.869. The monoisotopic (exact) mass is 307 g/mol. The Morgan fingerprint density at radius 2 is 2.00 bits per heavy atom. The SMILES string of the molecule is O=S(=O)(NCC1CCCC1Cl)c1ccccc1Cl. The van der Waals surface area contributed by atoms with E-state index in [2.05, 4.69) is 4.72 Å². The van der Waals surface area contributed by atoms with E-state index in [1.807, 2.05) is 0 Å². The molecule has 0 saturated heterocycles. The Morgan fingerprint density at radius 3 is 2.61 bits per heavy atom. The minimum absolute atomic E-state index is 0.0685. The van der Waals surface area contributed by atoms with E-state index in [-0.39, 0.29) is 21.2 Å². The molecule has 1 aromatic rings. The standard InChI is InChI=1S/C12H15Cl2NO2S/c13-10-6-3-4-9(10)8-15-18(16,17)12-7-2-1-5-11(12)14/h1-2,5,7,9-10,15H,3-4,6,8H2. The fraction of sp³-hybridized carbons (Fsp3) is 0.500. The van der Waals surface area contributed by atoms with Crippen LogP contribution in [0.1, 0.15) is 19.3 Å². The van der Waals surface area contributed by atoms with E-state index in [0.717, 1.165) is 19.3 Å². The lowest BCUT2D eigenvalue weighted by atomic mass is 10.1. The molecule has 0 spiro atoms. The molecule has 1 saturated carbocycles. The molecule has 0 radical (unpaired) electrons. The van der Waals surface area contributed by atoms with Gasteiger partial charge in [0.1, 0.15) is 4.90 Å². The summed E-state index contributed by atoms with van der Waals surface area (Å²) in [6.07, 6.45) is 2.99. The van der Waals surface area contributed by atoms with Crippen LogP contribution in [0.3, 0.4) is 0 Å². The van der Waals surface area contributed by atoms with E-state index in [9.17, 15) is 8.42 Å². The first-order valence-electron chi connectivity index (χ1n) is 5.89. The first-order chi connectivity index (χ1) is 8.50. The third-order valence-corrected chi connectivity index (χ3v) is 5.73. The third-order valence-electron chi connectivity index (χ3n) is 3.23. The Balaban J connectivity index is 2.06. The van der Waals surface area contributed by atoms with Crippen molar-refractivity contribution in [1.82, 2.24) is 4.72 Å². The summed E-state index contributed by atoms with van der Waals surface area (Å²) in [5, 5.41) is 0.304. The Kier molecular flexibility index (Phi) is 4.54. The van der Waals surface area contributed by atoms with E-state index >= 15 is 0 Å². The Morgan fingerprint density at radius 1 is 1.28 bits per heavy atom. The van der Waals surface area contributed by atoms with Gasteiger partial charge in [0.05, 0.1) is 5.02 Å². The van der Waals surface area contributed by atoms with Crippen molar-refractivity contribution in [3.05, 3.63) is 29.3 Å². The number of sulfonamides is 1. The largest absolute Gasteiger partial charge is 0.242 e. The van der Waals surface area contributed by atoms with Crippen molar-refractivity contribution in [3.8, 4) is 0 Å². The Hall–Kier alpha value is -0.290. The molecule has 0 aromatic heterocycles. The van der Waals surface area contributed by atoms with Gasteiger partial charge in [0, 0.05) is 11.9 Å². The van der Waals surface area contributed by atoms with Crippen LogP contribution in [0.5, 0.6) is 0 Å². The number of benzene rings is 1. The van der Waals surface area contributed by atoms with Crippen LogP contribution in [0, 0.1) is 5.92 Å². The molecule has 1 N–H and O–H groups in total. The van der Waals surface area contributed by atoms with E-state index < -0.39 is 10.0 Å². The normalized spacial score (nSPS) is 24.3. The smallest absolute Gasteiger partial charge is 0.211 e. The van der Waals surface area contributed by atoms with E-state index in [4.69, 9.17) is 23.2 Å². The summed E-state index contributed by atoms with van der Waals surface area (Å²) in [6.45, 7) is 0.377. The average Bonchev–Trinajstić information content (AvgIpc) is 2.73. The molecule has 0 amide bonds. The van der Waals surface area contributed by atoms with Crippen molar-refractivity contribution in [3.63, 3.8) is 0 Å². The first kappa shape index (κ1) is 14.1. The Labute approximate surface area is 118 Å². The molecule has 100 valence electrons. The molecule has 2 rings (SSSR count). The molecule has 1 aromatic carbocycles. The maximum Gasteiger partial charge on any atom is 0.242 e. The van der Waals surface area contributed by atoms with Crippen molar-refractivity contribution in [2.24, 2.45) is 5.92 Å². The lowest BCUT2D eigenvalue weighted by molar-refractivity contribution is 0.524. The fourth-order valence-electron chi connectivity index (χ4n) is 2.18. The molecule has 18 heavy (non-hydrogen) atoms. The van der Waals surface area contributed by atoms with E-state index in [1.54, 1.807) is 18.2 Å². The fourth-order valence-corrected chi connectivity index (χ4v) is 4.16. The van der Waals surface area contributed by atoms with Crippen LogP contribution in [0.4, 0.5) is 0 Å². The molecule has 2 unspecified atom stereocenters. The van der Waals surface area contributed by atoms with Gasteiger partial charge < -0.3 is 0 Å². The van der Waals surface area contributed by atoms with Crippen molar-refractivity contribution < 1.29 is 8.42 Å². The van der Waals surface area contributed by atoms with Gasteiger partial charge in [-0.05, 0) is 30.9 Å². The molecular weight excluding hydrogens is 293 g/mol. The second-order valence-electron chi connectivity index (χ2n) is 4.49. The molecule has 6 heteroatoms. The molecule has 1 fully saturated rings. The van der Waals surface area contributed by atoms with Gasteiger partial charge in [-0.3, -0.25) is 0 Å². The predicted octanol–water partition coefficient (Wildman–Crippen LogP) is 3.03. The minimum Gasteiger partial charge on any atom is -0.211 e. The number of nitrogens with one attached hydrogen (secondary N) is 1. The maximum absolute atomic E-state index is 12.1. The van der Waals surface area contributed by atoms with Gasteiger partial charge in [-0.15, -0.1) is 11.6 Å². The summed E-state index contributed by atoms with van der Waals surface area (Å²) >= 11 is 12.0. The second kappa shape index (κ2) is 5.78. The average molecular weight is 308 g/mol. The highest BCUT2D eigenvalue weighted by atomic mass is 35.5. The topological polar surface area (TPSA) is 46.2 Å². The zero-order valence-electron chi connectivity index (χ0n) is 9.77. The summed E-state index contributed by atoms with van der Waals surface area (Å²) in [7, 11) is -3.54. The third kappa shape index (κ3) is 3.18. The van der Waals surface area contributed by atoms with Crippen LogP contribution in [0.25, 0.3) is 0 Å². The lowest BCUT2D eigenvalue weighted by Gasteiger charge is -2.15. The van der Waals surface area contributed by atoms with Crippen LogP contribution in [0.15, 0.2) is 29.2 Å². The molecule has 0 heterocycles. The summed E-state index contributed by atoms with van der Waals surface area (Å²) in [4.78, 5) is 0.121. The van der Waals surface area contributed by atoms with Crippen molar-refractivity contribution in [1.29, 1.82) is 0 Å². The number of hydrogen-bond donors (Lipinski definition) is 1. The zero-order chi connectivity index (χ0) is 13.2. The highest BCUT2D eigenvalue weighted by Crippen LogP contribution is 2.30. The second-order valence-corrected chi connectivity index (χ2v) is 7.19. The molecule has 2 atom stereocenters. The van der Waals surface area contributed by atoms with Crippen molar-refractivity contribution >= 4 is 33.2 Å². The molecular formula is C12H15Cl2NO2S. The van der Waals surface area contributed by atoms with Gasteiger partial charge in [-0.25, -0.2) is 13.1 Å². The Bertz CT molecular complexity index is 519. The number of alkyl halides is 1. The highest BCUT2D eigenvalue weighted by Gasteiger charge is 2.27. The summed E-state index contributed by atoms with van der Waals surface area (Å²) in [5.41, 5.74) is 0. The van der Waals surface area contributed by atoms with Gasteiger partial charge in [0.25, 0.3) is 0 Å². The first-order valence-corrected chi connectivity index (χ1v) is 8.19. The van der Waals surface area contributed by atoms with E-state index in [0.29, 0.717) is 6.54 Å². The molecule has 3 nitrogen and oxygen atoms in total. The lowest BCUT2D eigenvalue weighted by Crippen LogP contribution is -2.31. The van der Waals surface area contributed by atoms with Gasteiger partial charge in [-0.2, -0.15) is 0 Å². The van der Waals surface area contributed by atoms with Crippen LogP contribution in [-0.2, 0) is 10.0 Å². The minimum atomic E-state index is -3.54. The molecule has 1 aliphatic carbocycles. The summed E-state index contributed by atoms with van der Waals surface area (Å²) in [5.74, 6) is 0.212. The number of hydrogen-bond acceptors (Lipinski definition) is 2. The summed E-state index contributed by atoms with van der Waals surface area (Å²) < 4.78 is 26.7. The summed E-state index contributed by atoms with van der Waals surface area (Å²) in [6, 6.07) is 6.42. The zero-order valence-corrected chi connectivity index (χ0v) is 12.1. The predicted molar refractivity (Wildman–Crippen MR) is 73.6 cm³/mol. The van der Waals surface area contributed by atoms with Gasteiger partial charge in [-0.1, -0.05) is 30.2 Å².